The summed E-state index contributed by atoms with van der Waals surface area (Å²) in [5.41, 5.74) is 4.61. The van der Waals surface area contributed by atoms with Gasteiger partial charge in [0.25, 0.3) is 0 Å². The van der Waals surface area contributed by atoms with Gasteiger partial charge in [0.05, 0.1) is 12.2 Å². The Morgan fingerprint density at radius 2 is 1.83 bits per heavy atom. The van der Waals surface area contributed by atoms with Crippen LogP contribution in [0.3, 0.4) is 0 Å². The summed E-state index contributed by atoms with van der Waals surface area (Å²) in [6, 6.07) is 21.6. The molecule has 0 aliphatic heterocycles. The van der Waals surface area contributed by atoms with Crippen LogP contribution in [-0.4, -0.2) is 16.0 Å². The Labute approximate surface area is 176 Å². The SMILES string of the molecule is CCCC(=O)c1ccc(NC(c2ccccc2)c2cn[nH]c2-c2ccc(C)o2)cc1. The lowest BCUT2D eigenvalue weighted by Gasteiger charge is -2.21. The molecule has 1 unspecified atom stereocenters. The summed E-state index contributed by atoms with van der Waals surface area (Å²) in [7, 11) is 0. The summed E-state index contributed by atoms with van der Waals surface area (Å²) in [4.78, 5) is 12.1. The number of benzene rings is 2. The van der Waals surface area contributed by atoms with Crippen molar-refractivity contribution in [2.45, 2.75) is 32.7 Å². The van der Waals surface area contributed by atoms with Crippen molar-refractivity contribution < 1.29 is 9.21 Å². The Morgan fingerprint density at radius 3 is 2.50 bits per heavy atom. The molecule has 30 heavy (non-hydrogen) atoms. The van der Waals surface area contributed by atoms with E-state index < -0.39 is 0 Å². The van der Waals surface area contributed by atoms with Gasteiger partial charge in [-0.1, -0.05) is 37.3 Å². The molecule has 4 rings (SSSR count). The Hall–Kier alpha value is -3.60. The van der Waals surface area contributed by atoms with E-state index >= 15 is 0 Å². The fourth-order valence-corrected chi connectivity index (χ4v) is 3.56. The number of aromatic nitrogens is 2. The van der Waals surface area contributed by atoms with Crippen LogP contribution in [0.25, 0.3) is 11.5 Å². The molecule has 152 valence electrons. The number of rotatable bonds is 8. The predicted molar refractivity (Wildman–Crippen MR) is 119 cm³/mol. The van der Waals surface area contributed by atoms with Crippen LogP contribution in [0.2, 0.25) is 0 Å². The molecule has 2 aromatic heterocycles. The molecule has 1 atom stereocenters. The van der Waals surface area contributed by atoms with Crippen LogP contribution in [-0.2, 0) is 0 Å². The number of carbonyl (C=O) groups is 1. The zero-order valence-electron chi connectivity index (χ0n) is 17.2. The summed E-state index contributed by atoms with van der Waals surface area (Å²) < 4.78 is 5.83. The van der Waals surface area contributed by atoms with Gasteiger partial charge in [-0.3, -0.25) is 9.89 Å². The first-order valence-corrected chi connectivity index (χ1v) is 10.2. The van der Waals surface area contributed by atoms with Crippen molar-refractivity contribution in [2.75, 3.05) is 5.32 Å². The van der Waals surface area contributed by atoms with Crippen LogP contribution in [0.15, 0.2) is 77.3 Å². The van der Waals surface area contributed by atoms with Crippen molar-refractivity contribution in [3.63, 3.8) is 0 Å². The van der Waals surface area contributed by atoms with E-state index in [4.69, 9.17) is 4.42 Å². The summed E-state index contributed by atoms with van der Waals surface area (Å²) in [6.07, 6.45) is 3.25. The maximum atomic E-state index is 12.1. The van der Waals surface area contributed by atoms with Gasteiger partial charge in [0, 0.05) is 23.2 Å². The maximum absolute atomic E-state index is 12.1. The lowest BCUT2D eigenvalue weighted by Crippen LogP contribution is -2.13. The number of aryl methyl sites for hydroxylation is 1. The van der Waals surface area contributed by atoms with Crippen molar-refractivity contribution in [2.24, 2.45) is 0 Å². The van der Waals surface area contributed by atoms with Gasteiger partial charge >= 0.3 is 0 Å². The molecule has 4 aromatic rings. The molecular formula is C25H25N3O2. The molecule has 2 aromatic carbocycles. The summed E-state index contributed by atoms with van der Waals surface area (Å²) >= 11 is 0. The van der Waals surface area contributed by atoms with E-state index in [0.717, 1.165) is 46.0 Å². The maximum Gasteiger partial charge on any atom is 0.162 e. The zero-order valence-corrected chi connectivity index (χ0v) is 17.2. The van der Waals surface area contributed by atoms with Gasteiger partial charge in [-0.05, 0) is 55.3 Å². The van der Waals surface area contributed by atoms with Crippen molar-refractivity contribution in [1.82, 2.24) is 10.2 Å². The number of aromatic amines is 1. The van der Waals surface area contributed by atoms with Crippen molar-refractivity contribution in [1.29, 1.82) is 0 Å². The molecule has 0 bridgehead atoms. The highest BCUT2D eigenvalue weighted by atomic mass is 16.3. The lowest BCUT2D eigenvalue weighted by atomic mass is 9.97. The number of hydrogen-bond acceptors (Lipinski definition) is 4. The van der Waals surface area contributed by atoms with E-state index in [2.05, 4.69) is 27.6 Å². The number of hydrogen-bond donors (Lipinski definition) is 2. The normalized spacial score (nSPS) is 11.9. The van der Waals surface area contributed by atoms with Gasteiger partial charge in [-0.25, -0.2) is 0 Å². The predicted octanol–water partition coefficient (Wildman–Crippen LogP) is 6.16. The van der Waals surface area contributed by atoms with E-state index in [1.807, 2.05) is 74.6 Å². The van der Waals surface area contributed by atoms with Crippen LogP contribution in [0, 0.1) is 6.92 Å². The van der Waals surface area contributed by atoms with E-state index in [0.29, 0.717) is 6.42 Å². The van der Waals surface area contributed by atoms with Crippen molar-refractivity contribution in [3.05, 3.63) is 95.4 Å². The molecule has 0 aliphatic carbocycles. The fourth-order valence-electron chi connectivity index (χ4n) is 3.56. The average Bonchev–Trinajstić information content (AvgIpc) is 3.42. The molecule has 0 fully saturated rings. The highest BCUT2D eigenvalue weighted by Gasteiger charge is 2.22. The number of nitrogens with one attached hydrogen (secondary N) is 2. The Balaban J connectivity index is 1.68. The summed E-state index contributed by atoms with van der Waals surface area (Å²) in [6.45, 7) is 3.94. The Morgan fingerprint density at radius 1 is 1.07 bits per heavy atom. The number of anilines is 1. The smallest absolute Gasteiger partial charge is 0.162 e. The van der Waals surface area contributed by atoms with Gasteiger partial charge in [0.15, 0.2) is 11.5 Å². The minimum absolute atomic E-state index is 0.137. The number of nitrogens with zero attached hydrogens (tertiary/aromatic N) is 1. The zero-order chi connectivity index (χ0) is 20.9. The topological polar surface area (TPSA) is 70.9 Å². The molecule has 5 nitrogen and oxygen atoms in total. The van der Waals surface area contributed by atoms with Crippen LogP contribution >= 0.6 is 0 Å². The third-order valence-electron chi connectivity index (χ3n) is 5.09. The van der Waals surface area contributed by atoms with Gasteiger partial charge in [0.1, 0.15) is 11.5 Å². The van der Waals surface area contributed by atoms with E-state index in [1.165, 1.54) is 0 Å². The second kappa shape index (κ2) is 8.82. The Kier molecular flexibility index (Phi) is 5.80. The molecule has 0 saturated heterocycles. The molecule has 0 saturated carbocycles. The van der Waals surface area contributed by atoms with Crippen LogP contribution in [0.1, 0.15) is 53.1 Å². The molecule has 2 heterocycles. The molecule has 0 spiro atoms. The first-order chi connectivity index (χ1) is 14.7. The molecule has 2 N–H and O–H groups in total. The second-order valence-corrected chi connectivity index (χ2v) is 7.35. The highest BCUT2D eigenvalue weighted by molar-refractivity contribution is 5.96. The van der Waals surface area contributed by atoms with Crippen LogP contribution < -0.4 is 5.32 Å². The standard InChI is InChI=1S/C25H25N3O2/c1-3-7-22(29)18-11-13-20(14-12-18)27-24(19-8-5-4-6-9-19)21-16-26-28-25(21)23-15-10-17(2)30-23/h4-6,8-16,24,27H,3,7H2,1-2H3,(H,26,28). The van der Waals surface area contributed by atoms with Crippen molar-refractivity contribution >= 4 is 11.5 Å². The minimum atomic E-state index is -0.137. The summed E-state index contributed by atoms with van der Waals surface area (Å²) in [5, 5.41) is 11.0. The Bertz CT molecular complexity index is 1110. The highest BCUT2D eigenvalue weighted by Crippen LogP contribution is 2.33. The number of furan rings is 1. The van der Waals surface area contributed by atoms with Crippen molar-refractivity contribution in [3.8, 4) is 11.5 Å². The lowest BCUT2D eigenvalue weighted by molar-refractivity contribution is 0.0982. The third-order valence-corrected chi connectivity index (χ3v) is 5.09. The van der Waals surface area contributed by atoms with Gasteiger partial charge in [0.2, 0.25) is 0 Å². The average molecular weight is 399 g/mol. The van der Waals surface area contributed by atoms with Gasteiger partial charge < -0.3 is 9.73 Å². The number of carbonyl (C=O) groups excluding carboxylic acids is 1. The molecule has 5 heteroatoms. The third kappa shape index (κ3) is 4.20. The number of ketones is 1. The number of H-pyrrole nitrogens is 1. The van der Waals surface area contributed by atoms with E-state index in [1.54, 1.807) is 0 Å². The van der Waals surface area contributed by atoms with Gasteiger partial charge in [-0.2, -0.15) is 5.10 Å². The fraction of sp³-hybridized carbons (Fsp3) is 0.200. The molecule has 0 radical (unpaired) electrons. The molecule has 0 amide bonds. The van der Waals surface area contributed by atoms with Gasteiger partial charge in [-0.15, -0.1) is 0 Å². The largest absolute Gasteiger partial charge is 0.460 e. The van der Waals surface area contributed by atoms with E-state index in [9.17, 15) is 4.79 Å². The first kappa shape index (κ1) is 19.7. The molecular weight excluding hydrogens is 374 g/mol. The molecule has 0 aliphatic rings. The second-order valence-electron chi connectivity index (χ2n) is 7.35. The van der Waals surface area contributed by atoms with E-state index in [-0.39, 0.29) is 11.8 Å². The first-order valence-electron chi connectivity index (χ1n) is 10.2. The quantitative estimate of drug-likeness (QED) is 0.348. The monoisotopic (exact) mass is 399 g/mol. The number of Topliss-reactive ketones (excluding diaryl/α,β-unsaturated/α-hetero) is 1. The summed E-state index contributed by atoms with van der Waals surface area (Å²) in [5.74, 6) is 1.78. The van der Waals surface area contributed by atoms with Crippen LogP contribution in [0.5, 0.6) is 0 Å². The van der Waals surface area contributed by atoms with Crippen LogP contribution in [0.4, 0.5) is 5.69 Å². The minimum Gasteiger partial charge on any atom is -0.460 e.